The van der Waals surface area contributed by atoms with Crippen LogP contribution in [0.3, 0.4) is 0 Å². The van der Waals surface area contributed by atoms with Crippen molar-refractivity contribution in [2.75, 3.05) is 6.61 Å². The van der Waals surface area contributed by atoms with Crippen molar-refractivity contribution in [1.82, 2.24) is 0 Å². The van der Waals surface area contributed by atoms with Crippen LogP contribution < -0.4 is 5.73 Å². The van der Waals surface area contributed by atoms with Crippen molar-refractivity contribution in [3.05, 3.63) is 47.2 Å². The van der Waals surface area contributed by atoms with Crippen molar-refractivity contribution in [3.8, 4) is 0 Å². The van der Waals surface area contributed by atoms with E-state index < -0.39 is 11.6 Å². The summed E-state index contributed by atoms with van der Waals surface area (Å²) in [5, 5.41) is 0. The molecule has 0 aromatic heterocycles. The zero-order chi connectivity index (χ0) is 12.3. The lowest BCUT2D eigenvalue weighted by atomic mass is 9.96. The fourth-order valence-corrected chi connectivity index (χ4v) is 1.91. The molecule has 1 unspecified atom stereocenters. The maximum absolute atomic E-state index is 13.0. The lowest BCUT2D eigenvalue weighted by Gasteiger charge is -2.19. The van der Waals surface area contributed by atoms with Gasteiger partial charge >= 0.3 is 0 Å². The van der Waals surface area contributed by atoms with Gasteiger partial charge in [-0.25, -0.2) is 8.78 Å². The van der Waals surface area contributed by atoms with E-state index in [9.17, 15) is 8.78 Å². The molecule has 1 aliphatic rings. The average Bonchev–Trinajstić information content (AvgIpc) is 2.35. The van der Waals surface area contributed by atoms with Gasteiger partial charge in [-0.15, -0.1) is 0 Å². The Morgan fingerprint density at radius 1 is 1.29 bits per heavy atom. The molecule has 1 aromatic carbocycles. The van der Waals surface area contributed by atoms with Gasteiger partial charge in [0.15, 0.2) is 11.6 Å². The Bertz CT molecular complexity index is 431. The standard InChI is InChI=1S/C13H15F2NO/c14-11-4-3-9(6-12(11)15)7-13(16)10-2-1-5-17-8-10/h3-4,6,8,13H,1-2,5,7,16H2. The highest BCUT2D eigenvalue weighted by atomic mass is 19.2. The predicted molar refractivity (Wildman–Crippen MR) is 61.3 cm³/mol. The predicted octanol–water partition coefficient (Wildman–Crippen LogP) is 2.53. The van der Waals surface area contributed by atoms with E-state index in [2.05, 4.69) is 0 Å². The molecule has 2 nitrogen and oxygen atoms in total. The fourth-order valence-electron chi connectivity index (χ4n) is 1.91. The summed E-state index contributed by atoms with van der Waals surface area (Å²) >= 11 is 0. The fraction of sp³-hybridized carbons (Fsp3) is 0.385. The van der Waals surface area contributed by atoms with Crippen molar-refractivity contribution >= 4 is 0 Å². The molecule has 0 fully saturated rings. The Hall–Kier alpha value is -1.42. The van der Waals surface area contributed by atoms with E-state index in [1.54, 1.807) is 12.3 Å². The molecule has 1 heterocycles. The average molecular weight is 239 g/mol. The second-order valence-electron chi connectivity index (χ2n) is 4.23. The number of hydrogen-bond donors (Lipinski definition) is 1. The zero-order valence-electron chi connectivity index (χ0n) is 9.46. The number of hydrogen-bond acceptors (Lipinski definition) is 2. The molecule has 1 atom stereocenters. The first-order chi connectivity index (χ1) is 8.16. The van der Waals surface area contributed by atoms with E-state index in [0.717, 1.165) is 31.1 Å². The van der Waals surface area contributed by atoms with E-state index in [1.807, 2.05) is 0 Å². The monoisotopic (exact) mass is 239 g/mol. The van der Waals surface area contributed by atoms with E-state index >= 15 is 0 Å². The Morgan fingerprint density at radius 2 is 2.12 bits per heavy atom. The molecule has 4 heteroatoms. The molecular formula is C13H15F2NO. The van der Waals surface area contributed by atoms with Gasteiger partial charge < -0.3 is 10.5 Å². The maximum atomic E-state index is 13.0. The van der Waals surface area contributed by atoms with Crippen LogP contribution in [0.4, 0.5) is 8.78 Å². The SMILES string of the molecule is NC(Cc1ccc(F)c(F)c1)C1=COCCC1. The summed E-state index contributed by atoms with van der Waals surface area (Å²) < 4.78 is 31.0. The third kappa shape index (κ3) is 3.03. The minimum absolute atomic E-state index is 0.194. The Balaban J connectivity index is 2.04. The maximum Gasteiger partial charge on any atom is 0.159 e. The third-order valence-electron chi connectivity index (χ3n) is 2.88. The molecule has 2 N–H and O–H groups in total. The van der Waals surface area contributed by atoms with E-state index in [4.69, 9.17) is 10.5 Å². The van der Waals surface area contributed by atoms with Gasteiger partial charge in [0, 0.05) is 6.04 Å². The van der Waals surface area contributed by atoms with Gasteiger partial charge in [-0.1, -0.05) is 6.07 Å². The molecule has 1 aromatic rings. The first-order valence-corrected chi connectivity index (χ1v) is 5.67. The highest BCUT2D eigenvalue weighted by Gasteiger charge is 2.14. The Labute approximate surface area is 99.1 Å². The summed E-state index contributed by atoms with van der Waals surface area (Å²) in [6, 6.07) is 3.69. The minimum Gasteiger partial charge on any atom is -0.501 e. The summed E-state index contributed by atoms with van der Waals surface area (Å²) in [6.45, 7) is 0.724. The van der Waals surface area contributed by atoms with Crippen LogP contribution in [0.15, 0.2) is 30.0 Å². The van der Waals surface area contributed by atoms with E-state index in [1.165, 1.54) is 6.07 Å². The molecular weight excluding hydrogens is 224 g/mol. The molecule has 92 valence electrons. The topological polar surface area (TPSA) is 35.2 Å². The summed E-state index contributed by atoms with van der Waals surface area (Å²) in [5.41, 5.74) is 7.73. The first-order valence-electron chi connectivity index (χ1n) is 5.67. The quantitative estimate of drug-likeness (QED) is 0.879. The van der Waals surface area contributed by atoms with Gasteiger partial charge in [0.05, 0.1) is 12.9 Å². The summed E-state index contributed by atoms with van der Waals surface area (Å²) in [4.78, 5) is 0. The molecule has 0 saturated heterocycles. The van der Waals surface area contributed by atoms with Gasteiger partial charge in [0.1, 0.15) is 0 Å². The summed E-state index contributed by atoms with van der Waals surface area (Å²) in [7, 11) is 0. The van der Waals surface area contributed by atoms with Crippen LogP contribution in [-0.4, -0.2) is 12.6 Å². The first kappa shape index (κ1) is 12.0. The van der Waals surface area contributed by atoms with E-state index in [-0.39, 0.29) is 6.04 Å². The summed E-state index contributed by atoms with van der Waals surface area (Å²) in [5.74, 6) is -1.66. The number of ether oxygens (including phenoxy) is 1. The molecule has 0 spiro atoms. The lowest BCUT2D eigenvalue weighted by molar-refractivity contribution is 0.221. The Kier molecular flexibility index (Phi) is 3.74. The van der Waals surface area contributed by atoms with Crippen LogP contribution >= 0.6 is 0 Å². The molecule has 2 rings (SSSR count). The van der Waals surface area contributed by atoms with Crippen LogP contribution in [0.25, 0.3) is 0 Å². The van der Waals surface area contributed by atoms with Gasteiger partial charge in [0.2, 0.25) is 0 Å². The molecule has 0 aliphatic carbocycles. The molecule has 0 amide bonds. The van der Waals surface area contributed by atoms with Gasteiger partial charge in [0.25, 0.3) is 0 Å². The molecule has 0 bridgehead atoms. The van der Waals surface area contributed by atoms with Crippen LogP contribution in [0.5, 0.6) is 0 Å². The number of halogens is 2. The van der Waals surface area contributed by atoms with Crippen LogP contribution in [0.1, 0.15) is 18.4 Å². The lowest BCUT2D eigenvalue weighted by Crippen LogP contribution is -2.27. The van der Waals surface area contributed by atoms with Crippen molar-refractivity contribution in [1.29, 1.82) is 0 Å². The summed E-state index contributed by atoms with van der Waals surface area (Å²) in [6.07, 6.45) is 4.04. The van der Waals surface area contributed by atoms with Crippen LogP contribution in [0, 0.1) is 11.6 Å². The normalized spacial score (nSPS) is 17.2. The van der Waals surface area contributed by atoms with Crippen LogP contribution in [-0.2, 0) is 11.2 Å². The Morgan fingerprint density at radius 3 is 2.76 bits per heavy atom. The van der Waals surface area contributed by atoms with Gasteiger partial charge in [-0.05, 0) is 42.5 Å². The number of benzene rings is 1. The second-order valence-corrected chi connectivity index (χ2v) is 4.23. The molecule has 17 heavy (non-hydrogen) atoms. The molecule has 0 saturated carbocycles. The van der Waals surface area contributed by atoms with Crippen LogP contribution in [0.2, 0.25) is 0 Å². The second kappa shape index (κ2) is 5.27. The van der Waals surface area contributed by atoms with Crippen molar-refractivity contribution in [2.24, 2.45) is 5.73 Å². The number of nitrogens with two attached hydrogens (primary N) is 1. The van der Waals surface area contributed by atoms with Crippen molar-refractivity contribution in [2.45, 2.75) is 25.3 Å². The molecule has 0 radical (unpaired) electrons. The van der Waals surface area contributed by atoms with Crippen molar-refractivity contribution < 1.29 is 13.5 Å². The number of rotatable bonds is 3. The minimum atomic E-state index is -0.831. The van der Waals surface area contributed by atoms with Crippen molar-refractivity contribution in [3.63, 3.8) is 0 Å². The highest BCUT2D eigenvalue weighted by Crippen LogP contribution is 2.18. The third-order valence-corrected chi connectivity index (χ3v) is 2.88. The van der Waals surface area contributed by atoms with Gasteiger partial charge in [-0.2, -0.15) is 0 Å². The molecule has 1 aliphatic heterocycles. The zero-order valence-corrected chi connectivity index (χ0v) is 9.46. The van der Waals surface area contributed by atoms with E-state index in [0.29, 0.717) is 12.0 Å². The largest absolute Gasteiger partial charge is 0.501 e. The highest BCUT2D eigenvalue weighted by molar-refractivity contribution is 5.22. The smallest absolute Gasteiger partial charge is 0.159 e. The van der Waals surface area contributed by atoms with Gasteiger partial charge in [-0.3, -0.25) is 0 Å².